The van der Waals surface area contributed by atoms with E-state index in [1.807, 2.05) is 6.20 Å². The molecule has 0 fully saturated rings. The number of aryl methyl sites for hydroxylation is 2. The van der Waals surface area contributed by atoms with Gasteiger partial charge in [0, 0.05) is 0 Å². The molecule has 0 saturated heterocycles. The average molecular weight is 240 g/mol. The molecule has 0 spiro atoms. The fourth-order valence-corrected chi connectivity index (χ4v) is 2.27. The summed E-state index contributed by atoms with van der Waals surface area (Å²) in [6, 6.07) is 6.48. The van der Waals surface area contributed by atoms with E-state index < -0.39 is 0 Å². The van der Waals surface area contributed by atoms with Gasteiger partial charge in [-0.15, -0.1) is 0 Å². The Morgan fingerprint density at radius 3 is 2.56 bits per heavy atom. The summed E-state index contributed by atoms with van der Waals surface area (Å²) in [6.45, 7) is 6.54. The summed E-state index contributed by atoms with van der Waals surface area (Å²) in [5, 5.41) is 0. The van der Waals surface area contributed by atoms with Crippen LogP contribution in [0.4, 0.5) is 0 Å². The number of imidazole rings is 1. The largest absolute Gasteiger partial charge is 0.345 e. The lowest BCUT2D eigenvalue weighted by atomic mass is 9.98. The second-order valence-electron chi connectivity index (χ2n) is 4.62. The molecule has 1 aromatic carbocycles. The van der Waals surface area contributed by atoms with E-state index in [4.69, 9.17) is 0 Å². The summed E-state index contributed by atoms with van der Waals surface area (Å²) in [7, 11) is 0. The van der Waals surface area contributed by atoms with Gasteiger partial charge in [-0.2, -0.15) is 0 Å². The van der Waals surface area contributed by atoms with Gasteiger partial charge in [-0.05, 0) is 49.0 Å². The van der Waals surface area contributed by atoms with Crippen LogP contribution < -0.4 is 0 Å². The van der Waals surface area contributed by atoms with Crippen LogP contribution in [0.25, 0.3) is 5.57 Å². The van der Waals surface area contributed by atoms with Crippen molar-refractivity contribution in [1.29, 1.82) is 0 Å². The molecule has 0 aliphatic rings. The topological polar surface area (TPSA) is 28.7 Å². The Morgan fingerprint density at radius 2 is 2.00 bits per heavy atom. The number of allylic oxidation sites excluding steroid dienone is 2. The van der Waals surface area contributed by atoms with Gasteiger partial charge < -0.3 is 4.98 Å². The van der Waals surface area contributed by atoms with Crippen LogP contribution in [0.1, 0.15) is 35.7 Å². The Kier molecular flexibility index (Phi) is 3.98. The summed E-state index contributed by atoms with van der Waals surface area (Å²) in [4.78, 5) is 7.26. The molecule has 1 heterocycles. The molecule has 2 nitrogen and oxygen atoms in total. The number of rotatable bonds is 4. The van der Waals surface area contributed by atoms with E-state index >= 15 is 0 Å². The number of hydrogen-bond donors (Lipinski definition) is 1. The molecule has 0 amide bonds. The molecule has 2 rings (SSSR count). The summed E-state index contributed by atoms with van der Waals surface area (Å²) >= 11 is 0. The van der Waals surface area contributed by atoms with Crippen LogP contribution in [0, 0.1) is 13.8 Å². The lowest BCUT2D eigenvalue weighted by Gasteiger charge is -2.08. The zero-order valence-electron chi connectivity index (χ0n) is 11.3. The maximum Gasteiger partial charge on any atom is 0.0924 e. The standard InChI is InChI=1S/C16H20N2/c1-4-14(16-10-17-11-18-16)8-9-15-12(2)6-5-7-13(15)3/h5-8,10-11H,4,9H2,1-3H3,(H,17,18). The van der Waals surface area contributed by atoms with Gasteiger partial charge in [0.15, 0.2) is 0 Å². The van der Waals surface area contributed by atoms with Crippen molar-refractivity contribution in [3.8, 4) is 0 Å². The Morgan fingerprint density at radius 1 is 1.28 bits per heavy atom. The maximum atomic E-state index is 4.08. The summed E-state index contributed by atoms with van der Waals surface area (Å²) in [6.07, 6.45) is 7.94. The minimum absolute atomic E-state index is 0.987. The van der Waals surface area contributed by atoms with Gasteiger partial charge in [-0.1, -0.05) is 31.2 Å². The van der Waals surface area contributed by atoms with Crippen molar-refractivity contribution in [2.24, 2.45) is 0 Å². The second kappa shape index (κ2) is 5.67. The van der Waals surface area contributed by atoms with Gasteiger partial charge in [0.2, 0.25) is 0 Å². The van der Waals surface area contributed by atoms with E-state index in [2.05, 4.69) is 55.0 Å². The average Bonchev–Trinajstić information content (AvgIpc) is 2.87. The molecular formula is C16H20N2. The van der Waals surface area contributed by atoms with Crippen LogP contribution in [0.2, 0.25) is 0 Å². The number of nitrogens with zero attached hydrogens (tertiary/aromatic N) is 1. The molecule has 2 heteroatoms. The second-order valence-corrected chi connectivity index (χ2v) is 4.62. The van der Waals surface area contributed by atoms with Crippen LogP contribution in [0.3, 0.4) is 0 Å². The highest BCUT2D eigenvalue weighted by Gasteiger charge is 2.03. The van der Waals surface area contributed by atoms with Crippen LogP contribution in [-0.2, 0) is 6.42 Å². The van der Waals surface area contributed by atoms with Crippen LogP contribution in [-0.4, -0.2) is 9.97 Å². The Balaban J connectivity index is 2.24. The minimum atomic E-state index is 0.987. The highest BCUT2D eigenvalue weighted by atomic mass is 14.9. The normalized spacial score (nSPS) is 11.8. The predicted octanol–water partition coefficient (Wildman–Crippen LogP) is 4.06. The molecule has 18 heavy (non-hydrogen) atoms. The van der Waals surface area contributed by atoms with Crippen molar-refractivity contribution in [3.63, 3.8) is 0 Å². The Hall–Kier alpha value is -1.83. The van der Waals surface area contributed by atoms with E-state index in [1.54, 1.807) is 6.33 Å². The third-order valence-electron chi connectivity index (χ3n) is 3.42. The zero-order valence-corrected chi connectivity index (χ0v) is 11.3. The fraction of sp³-hybridized carbons (Fsp3) is 0.312. The first kappa shape index (κ1) is 12.6. The zero-order chi connectivity index (χ0) is 13.0. The van der Waals surface area contributed by atoms with Crippen molar-refractivity contribution >= 4 is 5.57 Å². The van der Waals surface area contributed by atoms with Gasteiger partial charge >= 0.3 is 0 Å². The van der Waals surface area contributed by atoms with E-state index in [0.717, 1.165) is 18.5 Å². The van der Waals surface area contributed by atoms with Crippen molar-refractivity contribution < 1.29 is 0 Å². The smallest absolute Gasteiger partial charge is 0.0924 e. The molecule has 0 unspecified atom stereocenters. The molecule has 94 valence electrons. The molecule has 1 N–H and O–H groups in total. The molecule has 0 bridgehead atoms. The highest BCUT2D eigenvalue weighted by Crippen LogP contribution is 2.19. The number of nitrogens with one attached hydrogen (secondary N) is 1. The van der Waals surface area contributed by atoms with E-state index in [-0.39, 0.29) is 0 Å². The first-order valence-corrected chi connectivity index (χ1v) is 6.45. The van der Waals surface area contributed by atoms with Gasteiger partial charge in [0.1, 0.15) is 0 Å². The quantitative estimate of drug-likeness (QED) is 0.857. The number of aromatic amines is 1. The van der Waals surface area contributed by atoms with Crippen molar-refractivity contribution in [1.82, 2.24) is 9.97 Å². The predicted molar refractivity (Wildman–Crippen MR) is 76.5 cm³/mol. The van der Waals surface area contributed by atoms with Gasteiger partial charge in [-0.3, -0.25) is 0 Å². The minimum Gasteiger partial charge on any atom is -0.345 e. The molecule has 2 aromatic rings. The Labute approximate surface area is 109 Å². The molecule has 0 aliphatic heterocycles. The lowest BCUT2D eigenvalue weighted by molar-refractivity contribution is 1.13. The molecule has 0 radical (unpaired) electrons. The van der Waals surface area contributed by atoms with E-state index in [0.29, 0.717) is 0 Å². The number of aromatic nitrogens is 2. The summed E-state index contributed by atoms with van der Waals surface area (Å²) in [5.74, 6) is 0. The van der Waals surface area contributed by atoms with Gasteiger partial charge in [0.05, 0.1) is 18.2 Å². The molecular weight excluding hydrogens is 220 g/mol. The summed E-state index contributed by atoms with van der Waals surface area (Å²) < 4.78 is 0. The van der Waals surface area contributed by atoms with E-state index in [9.17, 15) is 0 Å². The maximum absolute atomic E-state index is 4.08. The molecule has 1 aromatic heterocycles. The fourth-order valence-electron chi connectivity index (χ4n) is 2.27. The van der Waals surface area contributed by atoms with Crippen LogP contribution in [0.5, 0.6) is 0 Å². The SMILES string of the molecule is CCC(=CCc1c(C)cccc1C)c1cnc[nH]1. The monoisotopic (exact) mass is 240 g/mol. The Bertz CT molecular complexity index is 516. The third-order valence-corrected chi connectivity index (χ3v) is 3.42. The third kappa shape index (κ3) is 2.70. The molecule has 0 aliphatic carbocycles. The molecule has 0 saturated carbocycles. The first-order valence-electron chi connectivity index (χ1n) is 6.45. The van der Waals surface area contributed by atoms with Crippen molar-refractivity contribution in [2.45, 2.75) is 33.6 Å². The highest BCUT2D eigenvalue weighted by molar-refractivity contribution is 5.62. The van der Waals surface area contributed by atoms with Gasteiger partial charge in [-0.25, -0.2) is 4.98 Å². The van der Waals surface area contributed by atoms with Crippen molar-refractivity contribution in [3.05, 3.63) is 59.2 Å². The van der Waals surface area contributed by atoms with E-state index in [1.165, 1.54) is 22.3 Å². The number of hydrogen-bond acceptors (Lipinski definition) is 1. The van der Waals surface area contributed by atoms with Gasteiger partial charge in [0.25, 0.3) is 0 Å². The first-order chi connectivity index (χ1) is 8.72. The summed E-state index contributed by atoms with van der Waals surface area (Å²) in [5.41, 5.74) is 6.62. The van der Waals surface area contributed by atoms with Crippen LogP contribution in [0.15, 0.2) is 36.8 Å². The lowest BCUT2D eigenvalue weighted by Crippen LogP contribution is -1.93. The number of H-pyrrole nitrogens is 1. The number of benzene rings is 1. The van der Waals surface area contributed by atoms with Crippen LogP contribution >= 0.6 is 0 Å². The molecule has 0 atom stereocenters. The van der Waals surface area contributed by atoms with Crippen molar-refractivity contribution in [2.75, 3.05) is 0 Å².